The van der Waals surface area contributed by atoms with Gasteiger partial charge in [-0.05, 0) is 96.9 Å². The van der Waals surface area contributed by atoms with E-state index in [0.29, 0.717) is 43.6 Å². The summed E-state index contributed by atoms with van der Waals surface area (Å²) < 4.78 is 77.9. The summed E-state index contributed by atoms with van der Waals surface area (Å²) >= 11 is 7.63. The summed E-state index contributed by atoms with van der Waals surface area (Å²) in [6, 6.07) is 41.9. The van der Waals surface area contributed by atoms with Crippen LogP contribution in [0.3, 0.4) is 0 Å². The van der Waals surface area contributed by atoms with Gasteiger partial charge in [0.05, 0.1) is 5.56 Å². The molecule has 1 aliphatic rings. The molecule has 0 atom stereocenters. The van der Waals surface area contributed by atoms with Crippen LogP contribution in [0.5, 0.6) is 0 Å². The molecule has 1 heterocycles. The number of nitriles is 1. The number of para-hydroxylation sites is 4. The molecule has 0 fully saturated rings. The van der Waals surface area contributed by atoms with Crippen LogP contribution >= 0.6 is 22.9 Å². The molecule has 0 aliphatic heterocycles. The molecule has 0 radical (unpaired) electrons. The van der Waals surface area contributed by atoms with E-state index in [1.54, 1.807) is 61.6 Å². The molecule has 0 spiro atoms. The molecule has 320 valence electrons. The zero-order chi connectivity index (χ0) is 45.3. The van der Waals surface area contributed by atoms with Crippen molar-refractivity contribution < 1.29 is 26.5 Å². The number of hydrogen-bond acceptors (Lipinski definition) is 4. The average Bonchev–Trinajstić information content (AvgIpc) is 3.69. The Hall–Kier alpha value is -7.06. The van der Waals surface area contributed by atoms with Crippen molar-refractivity contribution >= 4 is 67.7 Å². The lowest BCUT2D eigenvalue weighted by atomic mass is 9.90. The normalized spacial score (nSPS) is 11.8. The van der Waals surface area contributed by atoms with Crippen molar-refractivity contribution in [1.82, 2.24) is 0 Å². The zero-order valence-corrected chi connectivity index (χ0v) is 36.6. The van der Waals surface area contributed by atoms with Gasteiger partial charge < -0.3 is 9.80 Å². The van der Waals surface area contributed by atoms with Crippen LogP contribution in [0.4, 0.5) is 55.4 Å². The number of alkyl halides is 1. The molecule has 1 aliphatic carbocycles. The SMILES string of the molecule is CC.CCN(c1ccc(C(=C2C=CC(=[N+](CCl)c3c(F)cccc3F)C=C2)c2sc(N(c3ccccc3)c3ccccc3)c(C#N)c2-c2ccccc2F)cc1)c1c(F)cccc1F. The van der Waals surface area contributed by atoms with Gasteiger partial charge in [0, 0.05) is 57.3 Å². The number of anilines is 5. The van der Waals surface area contributed by atoms with Crippen molar-refractivity contribution in [3.8, 4) is 17.2 Å². The lowest BCUT2D eigenvalue weighted by Gasteiger charge is -2.25. The molecule has 0 saturated heterocycles. The molecule has 1 aromatic heterocycles. The minimum Gasteiger partial charge on any atom is -0.337 e. The third kappa shape index (κ3) is 8.91. The summed E-state index contributed by atoms with van der Waals surface area (Å²) in [5.41, 5.74) is 4.53. The fourth-order valence-electron chi connectivity index (χ4n) is 7.58. The first-order chi connectivity index (χ1) is 31.2. The predicted octanol–water partition coefficient (Wildman–Crippen LogP) is 15.5. The Labute approximate surface area is 378 Å². The van der Waals surface area contributed by atoms with Crippen molar-refractivity contribution in [2.24, 2.45) is 0 Å². The Morgan fingerprint density at radius 2 is 1.14 bits per heavy atom. The van der Waals surface area contributed by atoms with E-state index < -0.39 is 29.1 Å². The monoisotopic (exact) mass is 895 g/mol. The van der Waals surface area contributed by atoms with E-state index in [0.717, 1.165) is 23.5 Å². The van der Waals surface area contributed by atoms with Crippen molar-refractivity contribution in [3.63, 3.8) is 0 Å². The largest absolute Gasteiger partial charge is 0.337 e. The molecule has 6 aromatic carbocycles. The molecule has 0 amide bonds. The van der Waals surface area contributed by atoms with Crippen LogP contribution in [0.1, 0.15) is 36.8 Å². The van der Waals surface area contributed by atoms with Crippen LogP contribution in [0.2, 0.25) is 0 Å². The van der Waals surface area contributed by atoms with E-state index in [2.05, 4.69) is 6.07 Å². The van der Waals surface area contributed by atoms with Gasteiger partial charge in [0.2, 0.25) is 11.7 Å². The molecule has 0 saturated carbocycles. The number of halogens is 6. The second kappa shape index (κ2) is 20.4. The van der Waals surface area contributed by atoms with Gasteiger partial charge in [0.25, 0.3) is 5.69 Å². The number of nitrogens with zero attached hydrogens (tertiary/aromatic N) is 4. The molecule has 4 nitrogen and oxygen atoms in total. The van der Waals surface area contributed by atoms with Crippen LogP contribution in [0, 0.1) is 40.4 Å². The Morgan fingerprint density at radius 1 is 0.625 bits per heavy atom. The van der Waals surface area contributed by atoms with Gasteiger partial charge in [-0.3, -0.25) is 0 Å². The van der Waals surface area contributed by atoms with Crippen molar-refractivity contribution in [3.05, 3.63) is 221 Å². The zero-order valence-electron chi connectivity index (χ0n) is 35.0. The van der Waals surface area contributed by atoms with Gasteiger partial charge >= 0.3 is 0 Å². The summed E-state index contributed by atoms with van der Waals surface area (Å²) in [7, 11) is 0. The van der Waals surface area contributed by atoms with E-state index >= 15 is 22.0 Å². The van der Waals surface area contributed by atoms with Crippen LogP contribution in [0.15, 0.2) is 175 Å². The van der Waals surface area contributed by atoms with Crippen molar-refractivity contribution in [1.29, 1.82) is 5.26 Å². The minimum absolute atomic E-state index is 0.192. The highest BCUT2D eigenvalue weighted by Gasteiger charge is 2.31. The van der Waals surface area contributed by atoms with Gasteiger partial charge in [-0.15, -0.1) is 11.3 Å². The molecular formula is C53H41ClF5N4S+. The number of allylic oxidation sites excluding steroid dienone is 5. The number of hydrogen-bond donors (Lipinski definition) is 0. The second-order valence-corrected chi connectivity index (χ2v) is 15.2. The van der Waals surface area contributed by atoms with Gasteiger partial charge in [-0.1, -0.05) is 104 Å². The van der Waals surface area contributed by atoms with Gasteiger partial charge in [0.1, 0.15) is 34.2 Å². The topological polar surface area (TPSA) is 33.3 Å². The number of thiophene rings is 1. The predicted molar refractivity (Wildman–Crippen MR) is 252 cm³/mol. The molecule has 64 heavy (non-hydrogen) atoms. The maximum atomic E-state index is 16.2. The fraction of sp³-hybridized carbons (Fsp3) is 0.0943. The van der Waals surface area contributed by atoms with Gasteiger partial charge in [0.15, 0.2) is 11.6 Å². The van der Waals surface area contributed by atoms with Crippen LogP contribution in [0.25, 0.3) is 16.7 Å². The Kier molecular flexibility index (Phi) is 14.3. The molecule has 0 bridgehead atoms. The minimum atomic E-state index is -0.787. The van der Waals surface area contributed by atoms with Crippen LogP contribution in [-0.4, -0.2) is 22.8 Å². The quantitative estimate of drug-likeness (QED) is 0.0561. The molecule has 8 rings (SSSR count). The summed E-state index contributed by atoms with van der Waals surface area (Å²) in [5, 5.41) is 11.7. The first-order valence-electron chi connectivity index (χ1n) is 20.5. The lowest BCUT2D eigenvalue weighted by molar-refractivity contribution is -0.422. The number of benzene rings is 6. The molecule has 11 heteroatoms. The third-order valence-corrected chi connectivity index (χ3v) is 11.8. The maximum absolute atomic E-state index is 16.2. The first-order valence-corrected chi connectivity index (χ1v) is 21.9. The van der Waals surface area contributed by atoms with Gasteiger partial charge in [-0.25, -0.2) is 13.2 Å². The Bertz CT molecular complexity index is 2860. The molecule has 0 N–H and O–H groups in total. The highest BCUT2D eigenvalue weighted by molar-refractivity contribution is 7.18. The third-order valence-electron chi connectivity index (χ3n) is 10.4. The van der Waals surface area contributed by atoms with Gasteiger partial charge in [-0.2, -0.15) is 18.6 Å². The second-order valence-electron chi connectivity index (χ2n) is 14.0. The molecule has 0 unspecified atom stereocenters. The number of rotatable bonds is 11. The highest BCUT2D eigenvalue weighted by atomic mass is 35.5. The van der Waals surface area contributed by atoms with Crippen molar-refractivity contribution in [2.45, 2.75) is 20.8 Å². The standard InChI is InChI=1S/C51H35ClF5N4S.C2H6/c1-2-59(48-42(54)19-11-20-43(48)55)35-27-23-33(24-28-35)46(34-25-29-36(30-26-34)60(32-52)49-44(56)21-12-22-45(49)57)50-47(39-17-9-10-18-41(39)53)40(31-58)51(62-50)61(37-13-5-3-6-14-37)38-15-7-4-8-16-38;1-2/h3-30H,2,32H2,1H3;1-2H3/q+1;. The van der Waals surface area contributed by atoms with E-state index in [1.165, 1.54) is 51.1 Å². The summed E-state index contributed by atoms with van der Waals surface area (Å²) in [5.74, 6) is -3.54. The first kappa shape index (κ1) is 45.0. The Balaban J connectivity index is 0.00000302. The van der Waals surface area contributed by atoms with Crippen molar-refractivity contribution in [2.75, 3.05) is 22.3 Å². The highest BCUT2D eigenvalue weighted by Crippen LogP contribution is 2.52. The summed E-state index contributed by atoms with van der Waals surface area (Å²) in [6.45, 7) is 6.04. The summed E-state index contributed by atoms with van der Waals surface area (Å²) in [4.78, 5) is 4.04. The van der Waals surface area contributed by atoms with Crippen LogP contribution < -0.4 is 9.80 Å². The van der Waals surface area contributed by atoms with E-state index in [4.69, 9.17) is 11.6 Å². The lowest BCUT2D eigenvalue weighted by Crippen LogP contribution is -2.19. The maximum Gasteiger partial charge on any atom is 0.278 e. The average molecular weight is 896 g/mol. The fourth-order valence-corrected chi connectivity index (χ4v) is 9.24. The Morgan fingerprint density at radius 3 is 1.66 bits per heavy atom. The van der Waals surface area contributed by atoms with Crippen LogP contribution in [-0.2, 0) is 0 Å². The van der Waals surface area contributed by atoms with E-state index in [9.17, 15) is 5.26 Å². The molecular weight excluding hydrogens is 855 g/mol. The summed E-state index contributed by atoms with van der Waals surface area (Å²) in [6.07, 6.45) is 6.90. The van der Waals surface area contributed by atoms with E-state index in [1.807, 2.05) is 91.5 Å². The smallest absolute Gasteiger partial charge is 0.278 e. The molecule has 7 aromatic rings. The van der Waals surface area contributed by atoms with E-state index in [-0.39, 0.29) is 35.1 Å².